The maximum atomic E-state index is 11.3. The van der Waals surface area contributed by atoms with E-state index in [0.29, 0.717) is 0 Å². The third-order valence-corrected chi connectivity index (χ3v) is 1.63. The van der Waals surface area contributed by atoms with Crippen molar-refractivity contribution < 1.29 is 14.3 Å². The normalized spacial score (nSPS) is 8.93. The molecule has 0 spiro atoms. The van der Waals surface area contributed by atoms with Crippen LogP contribution in [0.2, 0.25) is 0 Å². The summed E-state index contributed by atoms with van der Waals surface area (Å²) in [4.78, 5) is 15.0. The molecule has 5 heteroatoms. The van der Waals surface area contributed by atoms with Crippen LogP contribution in [0.15, 0.2) is 12.3 Å². The molecule has 1 rings (SSSR count). The zero-order valence-corrected chi connectivity index (χ0v) is 7.77. The molecule has 0 saturated carbocycles. The lowest BCUT2D eigenvalue weighted by molar-refractivity contribution is 0.0596. The highest BCUT2D eigenvalue weighted by Gasteiger charge is 2.18. The van der Waals surface area contributed by atoms with Gasteiger partial charge in [-0.15, -0.1) is 0 Å². The number of carbonyl (C=O) groups excluding carboxylic acids is 1. The minimum atomic E-state index is -0.633. The quantitative estimate of drug-likeness (QED) is 0.646. The van der Waals surface area contributed by atoms with Crippen LogP contribution < -0.4 is 4.74 Å². The van der Waals surface area contributed by atoms with Crippen molar-refractivity contribution in [2.45, 2.75) is 0 Å². The first-order valence-electron chi connectivity index (χ1n) is 3.76. The van der Waals surface area contributed by atoms with Crippen LogP contribution in [0, 0.1) is 11.3 Å². The summed E-state index contributed by atoms with van der Waals surface area (Å²) in [5.74, 6) is -0.352. The second kappa shape index (κ2) is 4.23. The summed E-state index contributed by atoms with van der Waals surface area (Å²) >= 11 is 0. The molecule has 72 valence electrons. The summed E-state index contributed by atoms with van der Waals surface area (Å²) < 4.78 is 9.43. The van der Waals surface area contributed by atoms with E-state index >= 15 is 0 Å². The zero-order valence-electron chi connectivity index (χ0n) is 7.77. The number of aromatic nitrogens is 1. The molecule has 0 fully saturated rings. The van der Waals surface area contributed by atoms with Crippen LogP contribution in [-0.4, -0.2) is 25.2 Å². The Morgan fingerprint density at radius 1 is 1.57 bits per heavy atom. The molecule has 0 saturated heterocycles. The van der Waals surface area contributed by atoms with Gasteiger partial charge in [-0.05, 0) is 6.07 Å². The third-order valence-electron chi connectivity index (χ3n) is 1.63. The van der Waals surface area contributed by atoms with Gasteiger partial charge >= 0.3 is 5.97 Å². The maximum Gasteiger partial charge on any atom is 0.344 e. The number of ether oxygens (including phenoxy) is 2. The smallest absolute Gasteiger partial charge is 0.344 e. The Kier molecular flexibility index (Phi) is 3.02. The van der Waals surface area contributed by atoms with E-state index in [1.165, 1.54) is 26.5 Å². The van der Waals surface area contributed by atoms with E-state index in [4.69, 9.17) is 10.00 Å². The minimum Gasteiger partial charge on any atom is -0.496 e. The lowest BCUT2D eigenvalue weighted by atomic mass is 10.2. The SMILES string of the molecule is COC(=O)c1c(OC)ccnc1C#N. The summed E-state index contributed by atoms with van der Waals surface area (Å²) in [6, 6.07) is 3.29. The van der Waals surface area contributed by atoms with E-state index in [1.54, 1.807) is 6.07 Å². The van der Waals surface area contributed by atoms with Gasteiger partial charge in [-0.2, -0.15) is 5.26 Å². The van der Waals surface area contributed by atoms with Crippen molar-refractivity contribution in [2.75, 3.05) is 14.2 Å². The molecule has 0 aliphatic carbocycles. The summed E-state index contributed by atoms with van der Waals surface area (Å²) in [5.41, 5.74) is 0.0520. The van der Waals surface area contributed by atoms with Crippen LogP contribution in [0.5, 0.6) is 5.75 Å². The summed E-state index contributed by atoms with van der Waals surface area (Å²) in [6.07, 6.45) is 1.39. The average molecular weight is 192 g/mol. The molecule has 0 atom stereocenters. The fraction of sp³-hybridized carbons (Fsp3) is 0.222. The fourth-order valence-electron chi connectivity index (χ4n) is 0.998. The summed E-state index contributed by atoms with van der Waals surface area (Å²) in [5, 5.41) is 8.71. The van der Waals surface area contributed by atoms with E-state index in [-0.39, 0.29) is 17.0 Å². The molecule has 0 N–H and O–H groups in total. The molecule has 0 aliphatic rings. The second-order valence-corrected chi connectivity index (χ2v) is 2.34. The Morgan fingerprint density at radius 2 is 2.29 bits per heavy atom. The molecule has 0 amide bonds. The molecule has 14 heavy (non-hydrogen) atoms. The zero-order chi connectivity index (χ0) is 10.6. The standard InChI is InChI=1S/C9H8N2O3/c1-13-7-3-4-11-6(5-10)8(7)9(12)14-2/h3-4H,1-2H3. The molecule has 0 aliphatic heterocycles. The van der Waals surface area contributed by atoms with Gasteiger partial charge in [0.1, 0.15) is 17.4 Å². The van der Waals surface area contributed by atoms with Gasteiger partial charge in [-0.3, -0.25) is 0 Å². The number of pyridine rings is 1. The van der Waals surface area contributed by atoms with Crippen molar-refractivity contribution in [3.63, 3.8) is 0 Å². The lowest BCUT2D eigenvalue weighted by Gasteiger charge is -2.06. The number of esters is 1. The number of carbonyl (C=O) groups is 1. The molecule has 1 aromatic heterocycles. The fourth-order valence-corrected chi connectivity index (χ4v) is 0.998. The Bertz CT molecular complexity index is 396. The van der Waals surface area contributed by atoms with E-state index in [1.807, 2.05) is 0 Å². The topological polar surface area (TPSA) is 72.2 Å². The van der Waals surface area contributed by atoms with Gasteiger partial charge in [0.05, 0.1) is 14.2 Å². The largest absolute Gasteiger partial charge is 0.496 e. The van der Waals surface area contributed by atoms with Gasteiger partial charge in [-0.1, -0.05) is 0 Å². The van der Waals surface area contributed by atoms with Gasteiger partial charge in [-0.25, -0.2) is 9.78 Å². The third kappa shape index (κ3) is 1.64. The first-order valence-corrected chi connectivity index (χ1v) is 3.76. The van der Waals surface area contributed by atoms with Crippen molar-refractivity contribution in [3.05, 3.63) is 23.5 Å². The average Bonchev–Trinajstić information content (AvgIpc) is 2.26. The lowest BCUT2D eigenvalue weighted by Crippen LogP contribution is -2.08. The number of hydrogen-bond donors (Lipinski definition) is 0. The van der Waals surface area contributed by atoms with Crippen molar-refractivity contribution >= 4 is 5.97 Å². The molecule has 1 aromatic rings. The van der Waals surface area contributed by atoms with E-state index in [0.717, 1.165) is 0 Å². The predicted molar refractivity (Wildman–Crippen MR) is 46.8 cm³/mol. The first kappa shape index (κ1) is 9.99. The van der Waals surface area contributed by atoms with Crippen molar-refractivity contribution in [3.8, 4) is 11.8 Å². The minimum absolute atomic E-state index is 0.00352. The van der Waals surface area contributed by atoms with Crippen LogP contribution in [0.25, 0.3) is 0 Å². The van der Waals surface area contributed by atoms with Crippen LogP contribution in [0.3, 0.4) is 0 Å². The molecule has 5 nitrogen and oxygen atoms in total. The molecule has 0 bridgehead atoms. The predicted octanol–water partition coefficient (Wildman–Crippen LogP) is 0.748. The summed E-state index contributed by atoms with van der Waals surface area (Å²) in [7, 11) is 2.64. The maximum absolute atomic E-state index is 11.3. The van der Waals surface area contributed by atoms with E-state index in [2.05, 4.69) is 9.72 Å². The molecular weight excluding hydrogens is 184 g/mol. The van der Waals surface area contributed by atoms with Crippen LogP contribution in [0.4, 0.5) is 0 Å². The highest BCUT2D eigenvalue weighted by Crippen LogP contribution is 2.20. The Labute approximate surface area is 80.9 Å². The van der Waals surface area contributed by atoms with E-state index in [9.17, 15) is 4.79 Å². The molecule has 0 radical (unpaired) electrons. The van der Waals surface area contributed by atoms with Gasteiger partial charge in [0.2, 0.25) is 0 Å². The Balaban J connectivity index is 3.35. The monoisotopic (exact) mass is 192 g/mol. The van der Waals surface area contributed by atoms with Gasteiger partial charge in [0.15, 0.2) is 5.69 Å². The molecule has 0 unspecified atom stereocenters. The number of methoxy groups -OCH3 is 2. The van der Waals surface area contributed by atoms with Crippen LogP contribution in [-0.2, 0) is 4.74 Å². The molecule has 0 aromatic carbocycles. The molecular formula is C9H8N2O3. The van der Waals surface area contributed by atoms with Gasteiger partial charge in [0.25, 0.3) is 0 Å². The van der Waals surface area contributed by atoms with Crippen molar-refractivity contribution in [1.29, 1.82) is 5.26 Å². The second-order valence-electron chi connectivity index (χ2n) is 2.34. The highest BCUT2D eigenvalue weighted by molar-refractivity contribution is 5.94. The highest BCUT2D eigenvalue weighted by atomic mass is 16.5. The van der Waals surface area contributed by atoms with Crippen molar-refractivity contribution in [2.24, 2.45) is 0 Å². The Morgan fingerprint density at radius 3 is 2.79 bits per heavy atom. The number of hydrogen-bond acceptors (Lipinski definition) is 5. The van der Waals surface area contributed by atoms with E-state index < -0.39 is 5.97 Å². The van der Waals surface area contributed by atoms with Gasteiger partial charge < -0.3 is 9.47 Å². The summed E-state index contributed by atoms with van der Waals surface area (Å²) in [6.45, 7) is 0. The molecule has 1 heterocycles. The Hall–Kier alpha value is -2.09. The number of nitrogens with zero attached hydrogens (tertiary/aromatic N) is 2. The first-order chi connectivity index (χ1) is 6.74. The van der Waals surface area contributed by atoms with Crippen LogP contribution in [0.1, 0.15) is 16.1 Å². The number of rotatable bonds is 2. The van der Waals surface area contributed by atoms with Crippen LogP contribution >= 0.6 is 0 Å². The van der Waals surface area contributed by atoms with Crippen molar-refractivity contribution in [1.82, 2.24) is 4.98 Å². The van der Waals surface area contributed by atoms with Gasteiger partial charge in [0, 0.05) is 6.20 Å². The number of nitriles is 1.